The summed E-state index contributed by atoms with van der Waals surface area (Å²) in [7, 11) is -3.48. The van der Waals surface area contributed by atoms with Crippen LogP contribution in [0.3, 0.4) is 0 Å². The molecule has 0 aliphatic rings. The van der Waals surface area contributed by atoms with Gasteiger partial charge in [-0.25, -0.2) is 13.4 Å². The summed E-state index contributed by atoms with van der Waals surface area (Å²) in [4.78, 5) is 16.8. The minimum Gasteiger partial charge on any atom is -0.302 e. The molecule has 136 valence electrons. The van der Waals surface area contributed by atoms with Crippen molar-refractivity contribution in [3.63, 3.8) is 0 Å². The van der Waals surface area contributed by atoms with Crippen molar-refractivity contribution in [2.45, 2.75) is 32.1 Å². The smallest absolute Gasteiger partial charge is 0.227 e. The minimum atomic E-state index is -3.48. The zero-order valence-corrected chi connectivity index (χ0v) is 16.5. The summed E-state index contributed by atoms with van der Waals surface area (Å²) in [5, 5.41) is 3.21. The van der Waals surface area contributed by atoms with Crippen molar-refractivity contribution in [3.05, 3.63) is 53.1 Å². The minimum absolute atomic E-state index is 0.107. The molecule has 1 N–H and O–H groups in total. The van der Waals surface area contributed by atoms with E-state index >= 15 is 0 Å². The first-order chi connectivity index (χ1) is 12.2. The van der Waals surface area contributed by atoms with E-state index in [9.17, 15) is 13.2 Å². The Morgan fingerprint density at radius 2 is 1.77 bits per heavy atom. The molecule has 3 aromatic rings. The number of anilines is 1. The summed E-state index contributed by atoms with van der Waals surface area (Å²) in [5.74, 6) is -0.584. The van der Waals surface area contributed by atoms with Gasteiger partial charge >= 0.3 is 0 Å². The van der Waals surface area contributed by atoms with Crippen molar-refractivity contribution in [1.82, 2.24) is 4.98 Å². The molecule has 0 unspecified atom stereocenters. The first-order valence-electron chi connectivity index (χ1n) is 8.22. The number of benzene rings is 2. The summed E-state index contributed by atoms with van der Waals surface area (Å²) < 4.78 is 25.7. The van der Waals surface area contributed by atoms with E-state index in [1.165, 1.54) is 11.3 Å². The maximum atomic E-state index is 12.3. The summed E-state index contributed by atoms with van der Waals surface area (Å²) in [6, 6.07) is 10.7. The van der Waals surface area contributed by atoms with Crippen LogP contribution in [0.5, 0.6) is 0 Å². The number of nitrogens with zero attached hydrogens (tertiary/aromatic N) is 1. The molecule has 1 aromatic heterocycles. The molecule has 0 bridgehead atoms. The molecule has 0 atom stereocenters. The van der Waals surface area contributed by atoms with Crippen LogP contribution in [0.4, 0.5) is 5.13 Å². The molecule has 0 saturated heterocycles. The third kappa shape index (κ3) is 4.11. The number of hydrogen-bond donors (Lipinski definition) is 1. The molecule has 7 heteroatoms. The van der Waals surface area contributed by atoms with Crippen LogP contribution < -0.4 is 5.32 Å². The Bertz CT molecular complexity index is 1070. The number of thiazole rings is 1. The SMILES string of the molecule is Cc1ccc(S(=O)(=O)CCC(=O)Nc2nc3cc(C)cc(C)c3s2)cc1. The second-order valence-electron chi connectivity index (χ2n) is 6.38. The third-order valence-corrected chi connectivity index (χ3v) is 6.90. The van der Waals surface area contributed by atoms with Crippen molar-refractivity contribution in [2.24, 2.45) is 0 Å². The summed E-state index contributed by atoms with van der Waals surface area (Å²) >= 11 is 1.40. The predicted molar refractivity (Wildman–Crippen MR) is 106 cm³/mol. The molecule has 1 heterocycles. The highest BCUT2D eigenvalue weighted by Crippen LogP contribution is 2.29. The third-order valence-electron chi connectivity index (χ3n) is 4.04. The quantitative estimate of drug-likeness (QED) is 0.716. The van der Waals surface area contributed by atoms with E-state index in [1.807, 2.05) is 26.8 Å². The monoisotopic (exact) mass is 388 g/mol. The Labute approximate surface area is 157 Å². The van der Waals surface area contributed by atoms with Gasteiger partial charge in [0.25, 0.3) is 0 Å². The highest BCUT2D eigenvalue weighted by atomic mass is 32.2. The van der Waals surface area contributed by atoms with Crippen LogP contribution in [0.15, 0.2) is 41.3 Å². The Morgan fingerprint density at radius 1 is 1.08 bits per heavy atom. The molecule has 0 aliphatic heterocycles. The molecule has 0 radical (unpaired) electrons. The van der Waals surface area contributed by atoms with Gasteiger partial charge in [-0.15, -0.1) is 0 Å². The van der Waals surface area contributed by atoms with Crippen molar-refractivity contribution in [2.75, 3.05) is 11.1 Å². The van der Waals surface area contributed by atoms with Gasteiger partial charge < -0.3 is 5.32 Å². The Morgan fingerprint density at radius 3 is 2.46 bits per heavy atom. The summed E-state index contributed by atoms with van der Waals surface area (Å²) in [5.41, 5.74) is 4.06. The van der Waals surface area contributed by atoms with Gasteiger partial charge in [-0.1, -0.05) is 35.1 Å². The average Bonchev–Trinajstić information content (AvgIpc) is 2.96. The normalized spacial score (nSPS) is 11.7. The van der Waals surface area contributed by atoms with Gasteiger partial charge in [0.1, 0.15) is 0 Å². The van der Waals surface area contributed by atoms with Gasteiger partial charge in [-0.05, 0) is 50.1 Å². The van der Waals surface area contributed by atoms with Crippen LogP contribution in [0.25, 0.3) is 10.2 Å². The zero-order chi connectivity index (χ0) is 18.9. The Kier molecular flexibility index (Phi) is 5.11. The van der Waals surface area contributed by atoms with E-state index in [2.05, 4.69) is 16.4 Å². The van der Waals surface area contributed by atoms with Crippen LogP contribution in [0.2, 0.25) is 0 Å². The van der Waals surface area contributed by atoms with E-state index in [1.54, 1.807) is 24.3 Å². The van der Waals surface area contributed by atoms with Gasteiger partial charge in [0.05, 0.1) is 20.9 Å². The highest BCUT2D eigenvalue weighted by Gasteiger charge is 2.17. The van der Waals surface area contributed by atoms with Gasteiger partial charge in [-0.3, -0.25) is 4.79 Å². The van der Waals surface area contributed by atoms with Crippen molar-refractivity contribution in [1.29, 1.82) is 0 Å². The largest absolute Gasteiger partial charge is 0.302 e. The van der Waals surface area contributed by atoms with E-state index in [4.69, 9.17) is 0 Å². The van der Waals surface area contributed by atoms with Gasteiger partial charge in [0.15, 0.2) is 15.0 Å². The van der Waals surface area contributed by atoms with E-state index in [0.29, 0.717) is 5.13 Å². The van der Waals surface area contributed by atoms with Crippen molar-refractivity contribution in [3.8, 4) is 0 Å². The second-order valence-corrected chi connectivity index (χ2v) is 9.49. The molecule has 0 saturated carbocycles. The predicted octanol–water partition coefficient (Wildman–Crippen LogP) is 4.02. The number of carbonyl (C=O) groups excluding carboxylic acids is 1. The molecule has 0 fully saturated rings. The lowest BCUT2D eigenvalue weighted by molar-refractivity contribution is -0.115. The maximum absolute atomic E-state index is 12.3. The van der Waals surface area contributed by atoms with Gasteiger partial charge in [0, 0.05) is 6.42 Å². The van der Waals surface area contributed by atoms with Crippen LogP contribution >= 0.6 is 11.3 Å². The number of sulfone groups is 1. The number of fused-ring (bicyclic) bond motifs is 1. The maximum Gasteiger partial charge on any atom is 0.227 e. The molecule has 26 heavy (non-hydrogen) atoms. The molecular formula is C19H20N2O3S2. The number of aryl methyl sites for hydroxylation is 3. The van der Waals surface area contributed by atoms with Crippen molar-refractivity contribution >= 4 is 42.4 Å². The van der Waals surface area contributed by atoms with E-state index in [0.717, 1.165) is 26.9 Å². The van der Waals surface area contributed by atoms with E-state index < -0.39 is 9.84 Å². The number of nitrogens with one attached hydrogen (secondary N) is 1. The standard InChI is InChI=1S/C19H20N2O3S2/c1-12-4-6-15(7-5-12)26(23,24)9-8-17(22)21-19-20-16-11-13(2)10-14(3)18(16)25-19/h4-7,10-11H,8-9H2,1-3H3,(H,20,21,22). The zero-order valence-electron chi connectivity index (χ0n) is 14.9. The molecule has 0 aliphatic carbocycles. The van der Waals surface area contributed by atoms with Crippen molar-refractivity contribution < 1.29 is 13.2 Å². The first kappa shape index (κ1) is 18.5. The number of rotatable bonds is 5. The first-order valence-corrected chi connectivity index (χ1v) is 10.7. The van der Waals surface area contributed by atoms with Gasteiger partial charge in [-0.2, -0.15) is 0 Å². The molecule has 2 aromatic carbocycles. The summed E-state index contributed by atoms with van der Waals surface area (Å²) in [6.07, 6.45) is -0.107. The fraction of sp³-hybridized carbons (Fsp3) is 0.263. The lowest BCUT2D eigenvalue weighted by Crippen LogP contribution is -2.17. The Balaban J connectivity index is 1.67. The van der Waals surface area contributed by atoms with Crippen LogP contribution in [-0.4, -0.2) is 25.1 Å². The Hall–Kier alpha value is -2.25. The molecule has 1 amide bonds. The fourth-order valence-corrected chi connectivity index (χ4v) is 4.87. The molecule has 5 nitrogen and oxygen atoms in total. The van der Waals surface area contributed by atoms with Crippen LogP contribution in [-0.2, 0) is 14.6 Å². The summed E-state index contributed by atoms with van der Waals surface area (Å²) in [6.45, 7) is 5.90. The molecule has 0 spiro atoms. The number of hydrogen-bond acceptors (Lipinski definition) is 5. The number of aromatic nitrogens is 1. The van der Waals surface area contributed by atoms with Crippen LogP contribution in [0.1, 0.15) is 23.1 Å². The topological polar surface area (TPSA) is 76.1 Å². The second kappa shape index (κ2) is 7.17. The average molecular weight is 389 g/mol. The number of amides is 1. The highest BCUT2D eigenvalue weighted by molar-refractivity contribution is 7.91. The van der Waals surface area contributed by atoms with Gasteiger partial charge in [0.2, 0.25) is 5.91 Å². The van der Waals surface area contributed by atoms with E-state index in [-0.39, 0.29) is 23.0 Å². The lowest BCUT2D eigenvalue weighted by Gasteiger charge is -2.05. The molecule has 3 rings (SSSR count). The van der Waals surface area contributed by atoms with Crippen LogP contribution in [0, 0.1) is 20.8 Å². The fourth-order valence-electron chi connectivity index (χ4n) is 2.70. The number of carbonyl (C=O) groups is 1. The lowest BCUT2D eigenvalue weighted by atomic mass is 10.1. The molecular weight excluding hydrogens is 368 g/mol.